The summed E-state index contributed by atoms with van der Waals surface area (Å²) >= 11 is 1.47. The first kappa shape index (κ1) is 21.5. The Labute approximate surface area is 185 Å². The molecule has 2 aromatic rings. The van der Waals surface area contributed by atoms with Crippen molar-refractivity contribution in [2.45, 2.75) is 61.3 Å². The molecule has 1 fully saturated rings. The number of anilines is 2. The first-order valence-corrected chi connectivity index (χ1v) is 13.0. The van der Waals surface area contributed by atoms with Gasteiger partial charge in [-0.2, -0.15) is 0 Å². The van der Waals surface area contributed by atoms with Crippen LogP contribution in [0.2, 0.25) is 0 Å². The third-order valence-electron chi connectivity index (χ3n) is 5.86. The molecule has 0 spiro atoms. The zero-order chi connectivity index (χ0) is 21.1. The van der Waals surface area contributed by atoms with Crippen molar-refractivity contribution in [2.24, 2.45) is 0 Å². The summed E-state index contributed by atoms with van der Waals surface area (Å²) in [6.45, 7) is 3.68. The average molecular weight is 449 g/mol. The van der Waals surface area contributed by atoms with Gasteiger partial charge in [0.15, 0.2) is 0 Å². The Kier molecular flexibility index (Phi) is 6.88. The summed E-state index contributed by atoms with van der Waals surface area (Å²) in [5.74, 6) is 0.465. The molecule has 2 atom stereocenters. The molecule has 0 aliphatic carbocycles. The highest BCUT2D eigenvalue weighted by Gasteiger charge is 2.26. The van der Waals surface area contributed by atoms with Crippen LogP contribution < -0.4 is 14.4 Å². The van der Waals surface area contributed by atoms with Crippen molar-refractivity contribution in [1.29, 1.82) is 0 Å². The monoisotopic (exact) mass is 448 g/mol. The van der Waals surface area contributed by atoms with Crippen LogP contribution in [0.3, 0.4) is 0 Å². The standard InChI is InChI=1S/C23H29FN2O2S2/c1-16-9-10-21-22(13-16)29-25-19-15-23(30(2)27)18(24)14-20(19)26-11-5-3-7-17(26)8-4-6-12-28-21/h9-10,13-15,17,25H,3-8,11-12H2,1-2H3. The van der Waals surface area contributed by atoms with E-state index in [0.29, 0.717) is 12.6 Å². The van der Waals surface area contributed by atoms with Crippen molar-refractivity contribution in [2.75, 3.05) is 29.0 Å². The summed E-state index contributed by atoms with van der Waals surface area (Å²) in [5.41, 5.74) is 2.83. The number of nitrogens with zero attached hydrogens (tertiary/aromatic N) is 1. The fourth-order valence-corrected chi connectivity index (χ4v) is 5.76. The van der Waals surface area contributed by atoms with Crippen molar-refractivity contribution in [1.82, 2.24) is 0 Å². The summed E-state index contributed by atoms with van der Waals surface area (Å²) < 4.78 is 36.4. The van der Waals surface area contributed by atoms with Gasteiger partial charge >= 0.3 is 0 Å². The second-order valence-electron chi connectivity index (χ2n) is 8.10. The predicted molar refractivity (Wildman–Crippen MR) is 124 cm³/mol. The molecule has 1 saturated heterocycles. The Bertz CT molecular complexity index is 938. The van der Waals surface area contributed by atoms with Crippen molar-refractivity contribution in [3.63, 3.8) is 0 Å². The van der Waals surface area contributed by atoms with Crippen LogP contribution in [0.5, 0.6) is 5.75 Å². The Morgan fingerprint density at radius 3 is 2.77 bits per heavy atom. The number of nitrogens with one attached hydrogen (secondary N) is 1. The minimum atomic E-state index is -1.39. The van der Waals surface area contributed by atoms with Crippen molar-refractivity contribution >= 4 is 34.1 Å². The largest absolute Gasteiger partial charge is 0.492 e. The second kappa shape index (κ2) is 9.60. The summed E-state index contributed by atoms with van der Waals surface area (Å²) in [5, 5.41) is 0. The van der Waals surface area contributed by atoms with Gasteiger partial charge in [0, 0.05) is 24.9 Å². The second-order valence-corrected chi connectivity index (χ2v) is 10.3. The van der Waals surface area contributed by atoms with Gasteiger partial charge in [-0.25, -0.2) is 4.39 Å². The Morgan fingerprint density at radius 1 is 1.17 bits per heavy atom. The lowest BCUT2D eigenvalue weighted by atomic mass is 9.96. The number of ether oxygens (including phenoxy) is 1. The topological polar surface area (TPSA) is 41.6 Å². The quantitative estimate of drug-likeness (QED) is 0.549. The van der Waals surface area contributed by atoms with E-state index in [4.69, 9.17) is 4.74 Å². The van der Waals surface area contributed by atoms with E-state index in [2.05, 4.69) is 28.7 Å². The maximum atomic E-state index is 14.8. The highest BCUT2D eigenvalue weighted by molar-refractivity contribution is 8.00. The fraction of sp³-hybridized carbons (Fsp3) is 0.478. The minimum absolute atomic E-state index is 0.237. The molecule has 4 nitrogen and oxygen atoms in total. The fourth-order valence-electron chi connectivity index (χ4n) is 4.29. The molecule has 0 bridgehead atoms. The van der Waals surface area contributed by atoms with Crippen molar-refractivity contribution < 1.29 is 13.3 Å². The average Bonchev–Trinajstić information content (AvgIpc) is 2.74. The first-order valence-electron chi connectivity index (χ1n) is 10.6. The summed E-state index contributed by atoms with van der Waals surface area (Å²) in [7, 11) is -1.39. The Morgan fingerprint density at radius 2 is 1.97 bits per heavy atom. The number of hydrogen-bond acceptors (Lipinski definition) is 5. The van der Waals surface area contributed by atoms with E-state index in [1.807, 2.05) is 6.07 Å². The minimum Gasteiger partial charge on any atom is -0.492 e. The van der Waals surface area contributed by atoms with Gasteiger partial charge in [0.1, 0.15) is 11.6 Å². The van der Waals surface area contributed by atoms with Crippen molar-refractivity contribution in [3.05, 3.63) is 41.7 Å². The Hall–Kier alpha value is -1.73. The summed E-state index contributed by atoms with van der Waals surface area (Å²) in [6.07, 6.45) is 8.11. The van der Waals surface area contributed by atoms with Crippen LogP contribution in [0.1, 0.15) is 44.1 Å². The van der Waals surface area contributed by atoms with E-state index >= 15 is 0 Å². The van der Waals surface area contributed by atoms with E-state index in [0.717, 1.165) is 66.2 Å². The third-order valence-corrected chi connectivity index (χ3v) is 7.65. The number of rotatable bonds is 1. The lowest BCUT2D eigenvalue weighted by Crippen LogP contribution is -2.40. The Balaban J connectivity index is 1.77. The molecular formula is C23H29FN2O2S2. The van der Waals surface area contributed by atoms with Crippen LogP contribution in [0.15, 0.2) is 40.1 Å². The van der Waals surface area contributed by atoms with Crippen LogP contribution in [-0.4, -0.2) is 29.7 Å². The molecule has 7 heteroatoms. The molecule has 2 aliphatic rings. The summed E-state index contributed by atoms with van der Waals surface area (Å²) in [4.78, 5) is 3.59. The molecule has 2 unspecified atom stereocenters. The first-order chi connectivity index (χ1) is 14.5. The van der Waals surface area contributed by atoms with Gasteiger partial charge in [-0.1, -0.05) is 6.07 Å². The van der Waals surface area contributed by atoms with Crippen LogP contribution >= 0.6 is 11.9 Å². The van der Waals surface area contributed by atoms with Crippen molar-refractivity contribution in [3.8, 4) is 5.75 Å². The zero-order valence-electron chi connectivity index (χ0n) is 17.6. The lowest BCUT2D eigenvalue weighted by molar-refractivity contribution is 0.293. The molecule has 4 rings (SSSR count). The molecule has 0 radical (unpaired) electrons. The summed E-state index contributed by atoms with van der Waals surface area (Å²) in [6, 6.07) is 9.85. The molecule has 162 valence electrons. The zero-order valence-corrected chi connectivity index (χ0v) is 19.2. The van der Waals surface area contributed by atoms with E-state index in [1.54, 1.807) is 12.1 Å². The number of hydrogen-bond donors (Lipinski definition) is 1. The van der Waals surface area contributed by atoms with Crippen LogP contribution in [0.25, 0.3) is 0 Å². The predicted octanol–water partition coefficient (Wildman–Crippen LogP) is 5.91. The highest BCUT2D eigenvalue weighted by atomic mass is 32.2. The molecule has 2 aromatic carbocycles. The SMILES string of the molecule is Cc1ccc2c(c1)SNc1cc(S(C)=O)c(F)cc1N1CCCCC1CCCCO2. The number of benzene rings is 2. The number of aryl methyl sites for hydroxylation is 1. The van der Waals surface area contributed by atoms with Crippen LogP contribution in [0, 0.1) is 12.7 Å². The normalized spacial score (nSPS) is 20.8. The van der Waals surface area contributed by atoms with Crippen LogP contribution in [0.4, 0.5) is 15.8 Å². The van der Waals surface area contributed by atoms with Gasteiger partial charge in [0.25, 0.3) is 0 Å². The lowest BCUT2D eigenvalue weighted by Gasteiger charge is -2.39. The van der Waals surface area contributed by atoms with E-state index in [1.165, 1.54) is 24.6 Å². The van der Waals surface area contributed by atoms with Gasteiger partial charge in [-0.05, 0) is 81.2 Å². The molecule has 30 heavy (non-hydrogen) atoms. The maximum Gasteiger partial charge on any atom is 0.141 e. The number of fused-ring (bicyclic) bond motifs is 4. The van der Waals surface area contributed by atoms with E-state index in [-0.39, 0.29) is 4.90 Å². The molecule has 2 aliphatic heterocycles. The molecule has 0 saturated carbocycles. The van der Waals surface area contributed by atoms with Crippen LogP contribution in [-0.2, 0) is 10.8 Å². The van der Waals surface area contributed by atoms with Gasteiger partial charge in [0.2, 0.25) is 0 Å². The number of piperidine rings is 1. The van der Waals surface area contributed by atoms with Gasteiger partial charge < -0.3 is 14.4 Å². The molecular weight excluding hydrogens is 419 g/mol. The molecule has 2 heterocycles. The third kappa shape index (κ3) is 4.78. The van der Waals surface area contributed by atoms with Gasteiger partial charge in [-0.15, -0.1) is 0 Å². The number of halogens is 1. The smallest absolute Gasteiger partial charge is 0.141 e. The highest BCUT2D eigenvalue weighted by Crippen LogP contribution is 2.39. The van der Waals surface area contributed by atoms with Gasteiger partial charge in [-0.3, -0.25) is 4.21 Å². The molecule has 0 amide bonds. The van der Waals surface area contributed by atoms with E-state index < -0.39 is 16.6 Å². The van der Waals surface area contributed by atoms with E-state index in [9.17, 15) is 8.60 Å². The van der Waals surface area contributed by atoms with Gasteiger partial charge in [0.05, 0.1) is 38.6 Å². The molecule has 1 N–H and O–H groups in total. The maximum absolute atomic E-state index is 14.8. The molecule has 0 aromatic heterocycles.